The van der Waals surface area contributed by atoms with E-state index >= 15 is 0 Å². The zero-order valence-electron chi connectivity index (χ0n) is 11.9. The van der Waals surface area contributed by atoms with Gasteiger partial charge in [0.05, 0.1) is 14.2 Å². The predicted molar refractivity (Wildman–Crippen MR) is 76.8 cm³/mol. The third-order valence-electron chi connectivity index (χ3n) is 3.85. The molecule has 0 aromatic heterocycles. The topological polar surface area (TPSA) is 47.7 Å². The molecule has 2 rings (SSSR count). The molecule has 0 radical (unpaired) electrons. The van der Waals surface area contributed by atoms with Crippen LogP contribution in [0.4, 0.5) is 0 Å². The fraction of sp³-hybridized carbons (Fsp3) is 0.600. The first kappa shape index (κ1) is 14.2. The van der Waals surface area contributed by atoms with E-state index in [9.17, 15) is 0 Å². The number of nitrogens with zero attached hydrogens (tertiary/aromatic N) is 1. The molecule has 1 heterocycles. The first-order chi connectivity index (χ1) is 9.30. The summed E-state index contributed by atoms with van der Waals surface area (Å²) in [6.45, 7) is 2.90. The van der Waals surface area contributed by atoms with Crippen LogP contribution in [0, 0.1) is 0 Å². The van der Waals surface area contributed by atoms with E-state index in [0.29, 0.717) is 6.54 Å². The van der Waals surface area contributed by atoms with Crippen LogP contribution in [-0.2, 0) is 0 Å². The number of methoxy groups -OCH3 is 2. The van der Waals surface area contributed by atoms with E-state index in [4.69, 9.17) is 15.2 Å². The Morgan fingerprint density at radius 3 is 2.37 bits per heavy atom. The molecule has 0 spiro atoms. The summed E-state index contributed by atoms with van der Waals surface area (Å²) in [6, 6.07) is 6.37. The SMILES string of the molecule is COc1ccc([C@H](CN)N2CCCCC2)cc1OC. The molecule has 4 nitrogen and oxygen atoms in total. The second-order valence-electron chi connectivity index (χ2n) is 4.96. The number of likely N-dealkylation sites (tertiary alicyclic amines) is 1. The van der Waals surface area contributed by atoms with Crippen molar-refractivity contribution in [1.82, 2.24) is 4.90 Å². The lowest BCUT2D eigenvalue weighted by atomic mass is 10.0. The standard InChI is InChI=1S/C15H24N2O2/c1-18-14-7-6-12(10-15(14)19-2)13(11-16)17-8-4-3-5-9-17/h6-7,10,13H,3-5,8-9,11,16H2,1-2H3/t13-/m0/s1. The van der Waals surface area contributed by atoms with Crippen molar-refractivity contribution in [3.63, 3.8) is 0 Å². The summed E-state index contributed by atoms with van der Waals surface area (Å²) in [5.41, 5.74) is 7.19. The van der Waals surface area contributed by atoms with Gasteiger partial charge in [0, 0.05) is 12.6 Å². The van der Waals surface area contributed by atoms with E-state index in [1.807, 2.05) is 12.1 Å². The van der Waals surface area contributed by atoms with Gasteiger partial charge in [-0.2, -0.15) is 0 Å². The monoisotopic (exact) mass is 264 g/mol. The number of nitrogens with two attached hydrogens (primary N) is 1. The number of ether oxygens (including phenoxy) is 2. The van der Waals surface area contributed by atoms with E-state index in [0.717, 1.165) is 24.6 Å². The molecule has 0 bridgehead atoms. The maximum absolute atomic E-state index is 5.98. The van der Waals surface area contributed by atoms with Crippen molar-refractivity contribution in [2.75, 3.05) is 33.9 Å². The number of piperidine rings is 1. The van der Waals surface area contributed by atoms with Crippen LogP contribution < -0.4 is 15.2 Å². The molecule has 106 valence electrons. The Morgan fingerprint density at radius 1 is 1.11 bits per heavy atom. The molecule has 1 aromatic rings. The van der Waals surface area contributed by atoms with E-state index in [1.54, 1.807) is 14.2 Å². The highest BCUT2D eigenvalue weighted by atomic mass is 16.5. The summed E-state index contributed by atoms with van der Waals surface area (Å²) in [6.07, 6.45) is 3.87. The van der Waals surface area contributed by atoms with Gasteiger partial charge in [0.2, 0.25) is 0 Å². The van der Waals surface area contributed by atoms with Crippen molar-refractivity contribution in [2.45, 2.75) is 25.3 Å². The molecule has 2 N–H and O–H groups in total. The number of rotatable bonds is 5. The van der Waals surface area contributed by atoms with E-state index in [1.165, 1.54) is 24.8 Å². The molecule has 0 aliphatic carbocycles. The van der Waals surface area contributed by atoms with Gasteiger partial charge < -0.3 is 15.2 Å². The average Bonchev–Trinajstić information content (AvgIpc) is 2.49. The van der Waals surface area contributed by atoms with Gasteiger partial charge in [0.15, 0.2) is 11.5 Å². The minimum Gasteiger partial charge on any atom is -0.493 e. The van der Waals surface area contributed by atoms with Gasteiger partial charge in [-0.25, -0.2) is 0 Å². The van der Waals surface area contributed by atoms with Gasteiger partial charge in [-0.15, -0.1) is 0 Å². The maximum Gasteiger partial charge on any atom is 0.161 e. The first-order valence-corrected chi connectivity index (χ1v) is 6.96. The van der Waals surface area contributed by atoms with Crippen LogP contribution in [-0.4, -0.2) is 38.8 Å². The summed E-state index contributed by atoms with van der Waals surface area (Å²) in [4.78, 5) is 2.48. The van der Waals surface area contributed by atoms with Crippen molar-refractivity contribution in [3.8, 4) is 11.5 Å². The summed E-state index contributed by atoms with van der Waals surface area (Å²) in [5.74, 6) is 1.54. The van der Waals surface area contributed by atoms with Crippen LogP contribution in [0.5, 0.6) is 11.5 Å². The van der Waals surface area contributed by atoms with Gasteiger partial charge in [0.1, 0.15) is 0 Å². The fourth-order valence-corrected chi connectivity index (χ4v) is 2.79. The summed E-state index contributed by atoms with van der Waals surface area (Å²) < 4.78 is 10.7. The molecule has 0 amide bonds. The zero-order chi connectivity index (χ0) is 13.7. The molecule has 1 aromatic carbocycles. The second-order valence-corrected chi connectivity index (χ2v) is 4.96. The minimum absolute atomic E-state index is 0.278. The molecule has 1 aliphatic rings. The lowest BCUT2D eigenvalue weighted by Crippen LogP contribution is -2.37. The molecule has 1 aliphatic heterocycles. The third kappa shape index (κ3) is 3.19. The van der Waals surface area contributed by atoms with Gasteiger partial charge in [-0.1, -0.05) is 12.5 Å². The quantitative estimate of drug-likeness (QED) is 0.885. The minimum atomic E-state index is 0.278. The van der Waals surface area contributed by atoms with Gasteiger partial charge in [-0.05, 0) is 43.6 Å². The Hall–Kier alpha value is -1.26. The Labute approximate surface area is 115 Å². The summed E-state index contributed by atoms with van der Waals surface area (Å²) in [5, 5.41) is 0. The van der Waals surface area contributed by atoms with Gasteiger partial charge in [0.25, 0.3) is 0 Å². The van der Waals surface area contributed by atoms with Crippen LogP contribution in [0.25, 0.3) is 0 Å². The highest BCUT2D eigenvalue weighted by Crippen LogP contribution is 2.32. The highest BCUT2D eigenvalue weighted by Gasteiger charge is 2.22. The van der Waals surface area contributed by atoms with Crippen molar-refractivity contribution < 1.29 is 9.47 Å². The Morgan fingerprint density at radius 2 is 1.79 bits per heavy atom. The van der Waals surface area contributed by atoms with E-state index < -0.39 is 0 Å². The second kappa shape index (κ2) is 6.78. The maximum atomic E-state index is 5.98. The number of hydrogen-bond donors (Lipinski definition) is 1. The van der Waals surface area contributed by atoms with Crippen LogP contribution in [0.1, 0.15) is 30.9 Å². The third-order valence-corrected chi connectivity index (χ3v) is 3.85. The van der Waals surface area contributed by atoms with E-state index in [2.05, 4.69) is 11.0 Å². The Bertz CT molecular complexity index is 403. The molecule has 4 heteroatoms. The number of hydrogen-bond acceptors (Lipinski definition) is 4. The average molecular weight is 264 g/mol. The molecule has 1 atom stereocenters. The van der Waals surface area contributed by atoms with Gasteiger partial charge in [-0.3, -0.25) is 4.90 Å². The van der Waals surface area contributed by atoms with Crippen LogP contribution in [0.2, 0.25) is 0 Å². The lowest BCUT2D eigenvalue weighted by Gasteiger charge is -2.34. The summed E-state index contributed by atoms with van der Waals surface area (Å²) in [7, 11) is 3.32. The Balaban J connectivity index is 2.22. The largest absolute Gasteiger partial charge is 0.493 e. The van der Waals surface area contributed by atoms with Crippen molar-refractivity contribution in [2.24, 2.45) is 5.73 Å². The van der Waals surface area contributed by atoms with Crippen LogP contribution >= 0.6 is 0 Å². The lowest BCUT2D eigenvalue weighted by molar-refractivity contribution is 0.167. The van der Waals surface area contributed by atoms with Gasteiger partial charge >= 0.3 is 0 Å². The van der Waals surface area contributed by atoms with Crippen LogP contribution in [0.15, 0.2) is 18.2 Å². The highest BCUT2D eigenvalue weighted by molar-refractivity contribution is 5.43. The Kier molecular flexibility index (Phi) is 5.05. The zero-order valence-corrected chi connectivity index (χ0v) is 11.9. The number of benzene rings is 1. The summed E-state index contributed by atoms with van der Waals surface area (Å²) >= 11 is 0. The molecule has 1 saturated heterocycles. The smallest absolute Gasteiger partial charge is 0.161 e. The molecule has 0 unspecified atom stereocenters. The first-order valence-electron chi connectivity index (χ1n) is 6.96. The molecular formula is C15H24N2O2. The molecule has 0 saturated carbocycles. The predicted octanol–water partition coefficient (Wildman–Crippen LogP) is 2.19. The van der Waals surface area contributed by atoms with Crippen LogP contribution in [0.3, 0.4) is 0 Å². The van der Waals surface area contributed by atoms with Crippen molar-refractivity contribution >= 4 is 0 Å². The van der Waals surface area contributed by atoms with Crippen molar-refractivity contribution in [3.05, 3.63) is 23.8 Å². The van der Waals surface area contributed by atoms with Crippen molar-refractivity contribution in [1.29, 1.82) is 0 Å². The fourth-order valence-electron chi connectivity index (χ4n) is 2.79. The normalized spacial score (nSPS) is 18.1. The molecular weight excluding hydrogens is 240 g/mol. The molecule has 1 fully saturated rings. The molecule has 19 heavy (non-hydrogen) atoms. The van der Waals surface area contributed by atoms with E-state index in [-0.39, 0.29) is 6.04 Å².